The van der Waals surface area contributed by atoms with Crippen molar-refractivity contribution in [3.8, 4) is 0 Å². The zero-order valence-electron chi connectivity index (χ0n) is 11.2. The molecule has 3 rings (SSSR count). The van der Waals surface area contributed by atoms with Gasteiger partial charge in [-0.15, -0.1) is 0 Å². The van der Waals surface area contributed by atoms with Crippen molar-refractivity contribution in [2.24, 2.45) is 0 Å². The van der Waals surface area contributed by atoms with E-state index in [0.29, 0.717) is 17.1 Å². The van der Waals surface area contributed by atoms with Crippen LogP contribution in [0.3, 0.4) is 0 Å². The van der Waals surface area contributed by atoms with Gasteiger partial charge in [-0.25, -0.2) is 0 Å². The van der Waals surface area contributed by atoms with Gasteiger partial charge < -0.3 is 9.73 Å². The highest BCUT2D eigenvalue weighted by molar-refractivity contribution is 5.77. The number of pyridine rings is 1. The van der Waals surface area contributed by atoms with Gasteiger partial charge in [-0.2, -0.15) is 4.98 Å². The van der Waals surface area contributed by atoms with Crippen molar-refractivity contribution in [3.05, 3.63) is 58.4 Å². The van der Waals surface area contributed by atoms with Crippen molar-refractivity contribution in [1.29, 1.82) is 0 Å². The van der Waals surface area contributed by atoms with Gasteiger partial charge in [0.15, 0.2) is 5.58 Å². The Morgan fingerprint density at radius 1 is 1.33 bits per heavy atom. The molecule has 106 valence electrons. The van der Waals surface area contributed by atoms with Gasteiger partial charge in [0, 0.05) is 12.3 Å². The molecule has 1 N–H and O–H groups in total. The first-order valence-electron chi connectivity index (χ1n) is 6.36. The van der Waals surface area contributed by atoms with Crippen molar-refractivity contribution < 1.29 is 9.34 Å². The van der Waals surface area contributed by atoms with Crippen LogP contribution in [0.25, 0.3) is 11.1 Å². The summed E-state index contributed by atoms with van der Waals surface area (Å²) in [5.74, 6) is 0. The first-order valence-corrected chi connectivity index (χ1v) is 6.36. The van der Waals surface area contributed by atoms with Crippen LogP contribution in [0, 0.1) is 10.1 Å². The van der Waals surface area contributed by atoms with Gasteiger partial charge in [0.05, 0.1) is 22.7 Å². The van der Waals surface area contributed by atoms with Crippen LogP contribution in [0.4, 0.5) is 11.7 Å². The fourth-order valence-corrected chi connectivity index (χ4v) is 1.98. The number of aromatic nitrogens is 2. The highest BCUT2D eigenvalue weighted by Crippen LogP contribution is 2.25. The smallest absolute Gasteiger partial charge is 0.296 e. The summed E-state index contributed by atoms with van der Waals surface area (Å²) in [5, 5.41) is 13.8. The Hall–Kier alpha value is -2.96. The summed E-state index contributed by atoms with van der Waals surface area (Å²) >= 11 is 0. The van der Waals surface area contributed by atoms with Gasteiger partial charge in [-0.3, -0.25) is 15.1 Å². The van der Waals surface area contributed by atoms with E-state index in [2.05, 4.69) is 15.3 Å². The first kappa shape index (κ1) is 13.0. The number of hydrogen-bond donors (Lipinski definition) is 1. The highest BCUT2D eigenvalue weighted by Gasteiger charge is 2.14. The van der Waals surface area contributed by atoms with Crippen molar-refractivity contribution in [2.45, 2.75) is 13.0 Å². The predicted molar refractivity (Wildman–Crippen MR) is 76.9 cm³/mol. The van der Waals surface area contributed by atoms with Gasteiger partial charge in [0.1, 0.15) is 5.52 Å². The molecule has 7 heteroatoms. The van der Waals surface area contributed by atoms with Crippen LogP contribution < -0.4 is 5.32 Å². The highest BCUT2D eigenvalue weighted by atomic mass is 16.6. The van der Waals surface area contributed by atoms with Crippen LogP contribution in [0.1, 0.15) is 18.7 Å². The molecule has 1 atom stereocenters. The van der Waals surface area contributed by atoms with Crippen molar-refractivity contribution in [2.75, 3.05) is 5.32 Å². The monoisotopic (exact) mass is 284 g/mol. The number of anilines is 1. The average Bonchev–Trinajstić information content (AvgIpc) is 2.89. The molecular formula is C14H12N4O3. The van der Waals surface area contributed by atoms with E-state index in [-0.39, 0.29) is 11.7 Å². The number of rotatable bonds is 4. The molecule has 7 nitrogen and oxygen atoms in total. The van der Waals surface area contributed by atoms with Gasteiger partial charge in [-0.05, 0) is 25.1 Å². The molecule has 0 amide bonds. The van der Waals surface area contributed by atoms with Crippen LogP contribution >= 0.6 is 0 Å². The minimum Gasteiger partial charge on any atom is -0.423 e. The summed E-state index contributed by atoms with van der Waals surface area (Å²) in [6.45, 7) is 1.93. The number of non-ortho nitro benzene ring substituents is 1. The molecule has 0 radical (unpaired) electrons. The molecular weight excluding hydrogens is 272 g/mol. The van der Waals surface area contributed by atoms with E-state index in [1.807, 2.05) is 25.1 Å². The molecule has 1 unspecified atom stereocenters. The Labute approximate surface area is 119 Å². The van der Waals surface area contributed by atoms with E-state index in [1.165, 1.54) is 12.1 Å². The largest absolute Gasteiger partial charge is 0.423 e. The molecule has 0 aliphatic carbocycles. The van der Waals surface area contributed by atoms with E-state index in [4.69, 9.17) is 4.42 Å². The third-order valence-electron chi connectivity index (χ3n) is 3.05. The minimum atomic E-state index is -0.467. The van der Waals surface area contributed by atoms with Gasteiger partial charge >= 0.3 is 0 Å². The van der Waals surface area contributed by atoms with Crippen molar-refractivity contribution in [1.82, 2.24) is 9.97 Å². The Morgan fingerprint density at radius 2 is 2.19 bits per heavy atom. The molecule has 1 aromatic carbocycles. The van der Waals surface area contributed by atoms with E-state index in [9.17, 15) is 10.1 Å². The predicted octanol–water partition coefficient (Wildman–Crippen LogP) is 3.30. The van der Waals surface area contributed by atoms with Crippen molar-refractivity contribution >= 4 is 22.8 Å². The third-order valence-corrected chi connectivity index (χ3v) is 3.05. The lowest BCUT2D eigenvalue weighted by atomic mass is 10.2. The lowest BCUT2D eigenvalue weighted by Gasteiger charge is -2.10. The Balaban J connectivity index is 1.86. The van der Waals surface area contributed by atoms with E-state index >= 15 is 0 Å². The summed E-state index contributed by atoms with van der Waals surface area (Å²) in [6, 6.07) is 10.2. The first-order chi connectivity index (χ1) is 10.1. The third kappa shape index (κ3) is 2.66. The summed E-state index contributed by atoms with van der Waals surface area (Å²) < 4.78 is 5.50. The zero-order chi connectivity index (χ0) is 14.8. The second kappa shape index (κ2) is 5.20. The number of hydrogen-bond acceptors (Lipinski definition) is 6. The van der Waals surface area contributed by atoms with Gasteiger partial charge in [-0.1, -0.05) is 6.07 Å². The molecule has 0 saturated carbocycles. The topological polar surface area (TPSA) is 94.1 Å². The Bertz CT molecular complexity index is 785. The second-order valence-corrected chi connectivity index (χ2v) is 4.55. The quantitative estimate of drug-likeness (QED) is 0.583. The van der Waals surface area contributed by atoms with Gasteiger partial charge in [0.2, 0.25) is 0 Å². The molecule has 0 bridgehead atoms. The van der Waals surface area contributed by atoms with E-state index in [0.717, 1.165) is 5.69 Å². The maximum atomic E-state index is 10.7. The maximum absolute atomic E-state index is 10.7. The summed E-state index contributed by atoms with van der Waals surface area (Å²) in [4.78, 5) is 18.8. The normalized spacial score (nSPS) is 12.2. The van der Waals surface area contributed by atoms with Crippen LogP contribution in [0.5, 0.6) is 0 Å². The standard InChI is InChI=1S/C14H12N4O3/c1-9(11-4-2-3-7-15-11)16-14-17-12-6-5-10(18(19)20)8-13(12)21-14/h2-9H,1H3,(H,16,17). The molecule has 0 spiro atoms. The van der Waals surface area contributed by atoms with Crippen LogP contribution in [-0.2, 0) is 0 Å². The van der Waals surface area contributed by atoms with Crippen LogP contribution in [0.15, 0.2) is 47.0 Å². The summed E-state index contributed by atoms with van der Waals surface area (Å²) in [5.41, 5.74) is 1.77. The SMILES string of the molecule is CC(Nc1nc2ccc([N+](=O)[O-])cc2o1)c1ccccn1. The van der Waals surface area contributed by atoms with Gasteiger partial charge in [0.25, 0.3) is 11.7 Å². The Morgan fingerprint density at radius 3 is 2.90 bits per heavy atom. The summed E-state index contributed by atoms with van der Waals surface area (Å²) in [6.07, 6.45) is 1.71. The Kier molecular flexibility index (Phi) is 3.23. The molecule has 0 fully saturated rings. The van der Waals surface area contributed by atoms with Crippen molar-refractivity contribution in [3.63, 3.8) is 0 Å². The number of nitrogens with one attached hydrogen (secondary N) is 1. The molecule has 0 aliphatic rings. The summed E-state index contributed by atoms with van der Waals surface area (Å²) in [7, 11) is 0. The minimum absolute atomic E-state index is 0.0250. The lowest BCUT2D eigenvalue weighted by molar-refractivity contribution is -0.384. The van der Waals surface area contributed by atoms with Crippen LogP contribution in [-0.4, -0.2) is 14.9 Å². The number of nitro benzene ring substituents is 1. The van der Waals surface area contributed by atoms with Crippen LogP contribution in [0.2, 0.25) is 0 Å². The molecule has 0 saturated heterocycles. The average molecular weight is 284 g/mol. The lowest BCUT2D eigenvalue weighted by Crippen LogP contribution is -2.08. The molecule has 3 aromatic rings. The fourth-order valence-electron chi connectivity index (χ4n) is 1.98. The maximum Gasteiger partial charge on any atom is 0.296 e. The second-order valence-electron chi connectivity index (χ2n) is 4.55. The number of oxazole rings is 1. The number of nitro groups is 1. The van der Waals surface area contributed by atoms with E-state index < -0.39 is 4.92 Å². The molecule has 2 aromatic heterocycles. The molecule has 21 heavy (non-hydrogen) atoms. The zero-order valence-corrected chi connectivity index (χ0v) is 11.2. The number of nitrogens with zero attached hydrogens (tertiary/aromatic N) is 3. The molecule has 2 heterocycles. The van der Waals surface area contributed by atoms with E-state index in [1.54, 1.807) is 12.3 Å². The fraction of sp³-hybridized carbons (Fsp3) is 0.143. The number of benzene rings is 1. The number of fused-ring (bicyclic) bond motifs is 1. The molecule has 0 aliphatic heterocycles.